The normalized spacial score (nSPS) is 9.79. The molecule has 0 atom stereocenters. The first kappa shape index (κ1) is 14.9. The summed E-state index contributed by atoms with van der Waals surface area (Å²) in [6.07, 6.45) is 1.67. The summed E-state index contributed by atoms with van der Waals surface area (Å²) in [5.74, 6) is -0.700. The van der Waals surface area contributed by atoms with Crippen molar-refractivity contribution < 1.29 is 14.3 Å². The molecule has 0 fully saturated rings. The van der Waals surface area contributed by atoms with Crippen LogP contribution in [0.4, 0.5) is 5.69 Å². The molecular weight excluding hydrogens is 244 g/mol. The Morgan fingerprint density at radius 3 is 2.79 bits per heavy atom. The maximum absolute atomic E-state index is 11.7. The Kier molecular flexibility index (Phi) is 5.75. The lowest BCUT2D eigenvalue weighted by molar-refractivity contribution is -0.115. The molecule has 0 heterocycles. The first-order chi connectivity index (χ1) is 9.08. The SMILES string of the molecule is C=CCNCC(=O)Nc1ccc(C)cc1C(=O)OC. The van der Waals surface area contributed by atoms with Gasteiger partial charge in [-0.3, -0.25) is 4.79 Å². The summed E-state index contributed by atoms with van der Waals surface area (Å²) in [5, 5.41) is 5.56. The number of hydrogen-bond donors (Lipinski definition) is 2. The van der Waals surface area contributed by atoms with Gasteiger partial charge < -0.3 is 15.4 Å². The molecule has 5 nitrogen and oxygen atoms in total. The van der Waals surface area contributed by atoms with Crippen molar-refractivity contribution in [3.8, 4) is 0 Å². The molecule has 19 heavy (non-hydrogen) atoms. The van der Waals surface area contributed by atoms with Crippen LogP contribution in [0.1, 0.15) is 15.9 Å². The second-order valence-corrected chi connectivity index (χ2v) is 4.01. The van der Waals surface area contributed by atoms with E-state index < -0.39 is 5.97 Å². The molecule has 0 aliphatic rings. The fraction of sp³-hybridized carbons (Fsp3) is 0.286. The van der Waals surface area contributed by atoms with Crippen molar-refractivity contribution in [2.45, 2.75) is 6.92 Å². The van der Waals surface area contributed by atoms with Gasteiger partial charge in [-0.2, -0.15) is 0 Å². The fourth-order valence-corrected chi connectivity index (χ4v) is 1.53. The average molecular weight is 262 g/mol. The van der Waals surface area contributed by atoms with E-state index in [0.717, 1.165) is 5.56 Å². The van der Waals surface area contributed by atoms with Gasteiger partial charge in [-0.1, -0.05) is 17.7 Å². The van der Waals surface area contributed by atoms with E-state index in [1.807, 2.05) is 13.0 Å². The van der Waals surface area contributed by atoms with Crippen molar-refractivity contribution in [3.63, 3.8) is 0 Å². The van der Waals surface area contributed by atoms with Gasteiger partial charge in [0, 0.05) is 6.54 Å². The molecule has 2 N–H and O–H groups in total. The van der Waals surface area contributed by atoms with Gasteiger partial charge >= 0.3 is 5.97 Å². The number of aryl methyl sites for hydroxylation is 1. The van der Waals surface area contributed by atoms with Crippen LogP contribution in [0, 0.1) is 6.92 Å². The number of esters is 1. The minimum absolute atomic E-state index is 0.153. The van der Waals surface area contributed by atoms with E-state index >= 15 is 0 Å². The molecule has 0 bridgehead atoms. The molecule has 0 saturated heterocycles. The summed E-state index contributed by atoms with van der Waals surface area (Å²) >= 11 is 0. The first-order valence-electron chi connectivity index (χ1n) is 5.89. The van der Waals surface area contributed by atoms with Gasteiger partial charge in [0.15, 0.2) is 0 Å². The quantitative estimate of drug-likeness (QED) is 0.463. The molecule has 0 aliphatic carbocycles. The third-order valence-electron chi connectivity index (χ3n) is 2.43. The van der Waals surface area contributed by atoms with Crippen LogP contribution in [0.15, 0.2) is 30.9 Å². The Morgan fingerprint density at radius 2 is 2.16 bits per heavy atom. The zero-order valence-corrected chi connectivity index (χ0v) is 11.2. The summed E-state index contributed by atoms with van der Waals surface area (Å²) in [5.41, 5.74) is 1.71. The lowest BCUT2D eigenvalue weighted by atomic mass is 10.1. The number of anilines is 1. The zero-order chi connectivity index (χ0) is 14.3. The van der Waals surface area contributed by atoms with Gasteiger partial charge in [0.2, 0.25) is 5.91 Å². The number of methoxy groups -OCH3 is 1. The van der Waals surface area contributed by atoms with Crippen LogP contribution in [-0.4, -0.2) is 32.1 Å². The number of amides is 1. The van der Waals surface area contributed by atoms with Crippen LogP contribution in [0.25, 0.3) is 0 Å². The molecule has 1 rings (SSSR count). The predicted molar refractivity (Wildman–Crippen MR) is 74.2 cm³/mol. The van der Waals surface area contributed by atoms with Gasteiger partial charge in [0.25, 0.3) is 0 Å². The van der Waals surface area contributed by atoms with Crippen LogP contribution in [-0.2, 0) is 9.53 Å². The number of rotatable bonds is 6. The molecule has 0 spiro atoms. The Morgan fingerprint density at radius 1 is 1.42 bits per heavy atom. The van der Waals surface area contributed by atoms with Gasteiger partial charge in [-0.25, -0.2) is 4.79 Å². The number of carbonyl (C=O) groups is 2. The molecule has 102 valence electrons. The highest BCUT2D eigenvalue weighted by Crippen LogP contribution is 2.18. The third-order valence-corrected chi connectivity index (χ3v) is 2.43. The molecule has 0 unspecified atom stereocenters. The minimum Gasteiger partial charge on any atom is -0.465 e. The van der Waals surface area contributed by atoms with Gasteiger partial charge in [0.05, 0.1) is 24.9 Å². The maximum Gasteiger partial charge on any atom is 0.339 e. The van der Waals surface area contributed by atoms with Crippen molar-refractivity contribution >= 4 is 17.6 Å². The average Bonchev–Trinajstić information content (AvgIpc) is 2.40. The maximum atomic E-state index is 11.7. The van der Waals surface area contributed by atoms with Crippen molar-refractivity contribution in [3.05, 3.63) is 42.0 Å². The summed E-state index contributed by atoms with van der Waals surface area (Å²) < 4.78 is 4.69. The Bertz CT molecular complexity index is 484. The summed E-state index contributed by atoms with van der Waals surface area (Å²) in [6, 6.07) is 5.19. The zero-order valence-electron chi connectivity index (χ0n) is 11.2. The predicted octanol–water partition coefficient (Wildman–Crippen LogP) is 1.50. The monoisotopic (exact) mass is 262 g/mol. The van der Waals surface area contributed by atoms with E-state index in [4.69, 9.17) is 4.74 Å². The molecule has 0 radical (unpaired) electrons. The largest absolute Gasteiger partial charge is 0.465 e. The highest BCUT2D eigenvalue weighted by molar-refractivity contribution is 6.01. The summed E-state index contributed by atoms with van der Waals surface area (Å²) in [7, 11) is 1.31. The van der Waals surface area contributed by atoms with Crippen LogP contribution in [0.5, 0.6) is 0 Å². The van der Waals surface area contributed by atoms with Gasteiger partial charge in [-0.15, -0.1) is 6.58 Å². The van der Waals surface area contributed by atoms with Crippen LogP contribution >= 0.6 is 0 Å². The lowest BCUT2D eigenvalue weighted by Gasteiger charge is -2.10. The van der Waals surface area contributed by atoms with Gasteiger partial charge in [-0.05, 0) is 19.1 Å². The van der Waals surface area contributed by atoms with E-state index in [0.29, 0.717) is 17.8 Å². The van der Waals surface area contributed by atoms with E-state index in [1.165, 1.54) is 7.11 Å². The van der Waals surface area contributed by atoms with Crippen molar-refractivity contribution in [2.75, 3.05) is 25.5 Å². The number of hydrogen-bond acceptors (Lipinski definition) is 4. The first-order valence-corrected chi connectivity index (χ1v) is 5.89. The minimum atomic E-state index is -0.474. The molecule has 1 amide bonds. The number of ether oxygens (including phenoxy) is 1. The lowest BCUT2D eigenvalue weighted by Crippen LogP contribution is -2.28. The Balaban J connectivity index is 2.79. The van der Waals surface area contributed by atoms with Crippen molar-refractivity contribution in [1.82, 2.24) is 5.32 Å². The molecule has 1 aromatic carbocycles. The number of benzene rings is 1. The smallest absolute Gasteiger partial charge is 0.339 e. The fourth-order valence-electron chi connectivity index (χ4n) is 1.53. The van der Waals surface area contributed by atoms with E-state index in [1.54, 1.807) is 18.2 Å². The summed E-state index contributed by atoms with van der Waals surface area (Å²) in [6.45, 7) is 6.11. The van der Waals surface area contributed by atoms with Crippen LogP contribution in [0.3, 0.4) is 0 Å². The number of carbonyl (C=O) groups excluding carboxylic acids is 2. The molecular formula is C14H18N2O3. The van der Waals surface area contributed by atoms with E-state index in [-0.39, 0.29) is 12.5 Å². The standard InChI is InChI=1S/C14H18N2O3/c1-4-7-15-9-13(17)16-12-6-5-10(2)8-11(12)14(18)19-3/h4-6,8,15H,1,7,9H2,2-3H3,(H,16,17). The number of nitrogens with one attached hydrogen (secondary N) is 2. The third kappa shape index (κ3) is 4.56. The topological polar surface area (TPSA) is 67.4 Å². The Hall–Kier alpha value is -2.14. The molecule has 0 saturated carbocycles. The van der Waals surface area contributed by atoms with Gasteiger partial charge in [0.1, 0.15) is 0 Å². The second-order valence-electron chi connectivity index (χ2n) is 4.01. The van der Waals surface area contributed by atoms with E-state index in [2.05, 4.69) is 17.2 Å². The van der Waals surface area contributed by atoms with Crippen molar-refractivity contribution in [2.24, 2.45) is 0 Å². The molecule has 0 aliphatic heterocycles. The van der Waals surface area contributed by atoms with Crippen LogP contribution < -0.4 is 10.6 Å². The highest BCUT2D eigenvalue weighted by Gasteiger charge is 2.13. The summed E-state index contributed by atoms with van der Waals surface area (Å²) in [4.78, 5) is 23.3. The second kappa shape index (κ2) is 7.33. The molecule has 1 aromatic rings. The highest BCUT2D eigenvalue weighted by atomic mass is 16.5. The molecule has 0 aromatic heterocycles. The van der Waals surface area contributed by atoms with Crippen molar-refractivity contribution in [1.29, 1.82) is 0 Å². The van der Waals surface area contributed by atoms with E-state index in [9.17, 15) is 9.59 Å². The molecule has 5 heteroatoms. The Labute approximate surface area is 112 Å². The van der Waals surface area contributed by atoms with Crippen LogP contribution in [0.2, 0.25) is 0 Å².